The topological polar surface area (TPSA) is 85.2 Å². The van der Waals surface area contributed by atoms with E-state index in [4.69, 9.17) is 15.4 Å². The molecule has 5 nitrogen and oxygen atoms in total. The molecule has 72 valence electrons. The summed E-state index contributed by atoms with van der Waals surface area (Å²) in [7, 11) is 0. The van der Waals surface area contributed by atoms with Crippen molar-refractivity contribution in [2.45, 2.75) is 25.3 Å². The van der Waals surface area contributed by atoms with Gasteiger partial charge >= 0.3 is 0 Å². The molecule has 1 aromatic rings. The molecule has 1 atom stereocenters. The molecule has 13 heavy (non-hydrogen) atoms. The summed E-state index contributed by atoms with van der Waals surface area (Å²) >= 11 is 0. The summed E-state index contributed by atoms with van der Waals surface area (Å²) < 4.78 is 4.98. The standard InChI is InChI=1S/C8H13N3O2/c9-7(5-1-2-5)8-10-6(3-4-12)11-13-8/h5,7,12H,1-4,9H2. The molecule has 1 heterocycles. The number of nitrogens with two attached hydrogens (primary N) is 1. The van der Waals surface area contributed by atoms with Gasteiger partial charge < -0.3 is 15.4 Å². The van der Waals surface area contributed by atoms with Gasteiger partial charge in [-0.25, -0.2) is 0 Å². The van der Waals surface area contributed by atoms with Crippen LogP contribution in [0.15, 0.2) is 4.52 Å². The molecule has 1 aliphatic carbocycles. The van der Waals surface area contributed by atoms with Gasteiger partial charge in [0.05, 0.1) is 12.6 Å². The Morgan fingerprint density at radius 1 is 1.62 bits per heavy atom. The van der Waals surface area contributed by atoms with Gasteiger partial charge in [0.15, 0.2) is 5.82 Å². The Balaban J connectivity index is 2.03. The highest BCUT2D eigenvalue weighted by Gasteiger charge is 2.33. The van der Waals surface area contributed by atoms with Crippen LogP contribution in [0.5, 0.6) is 0 Å². The zero-order valence-corrected chi connectivity index (χ0v) is 7.31. The fraction of sp³-hybridized carbons (Fsp3) is 0.750. The van der Waals surface area contributed by atoms with Crippen molar-refractivity contribution in [3.8, 4) is 0 Å². The van der Waals surface area contributed by atoms with Crippen molar-refractivity contribution in [1.82, 2.24) is 10.1 Å². The molecule has 1 aliphatic rings. The predicted octanol–water partition coefficient (Wildman–Crippen LogP) is 0.0142. The van der Waals surface area contributed by atoms with E-state index < -0.39 is 0 Å². The number of aromatic nitrogens is 2. The van der Waals surface area contributed by atoms with Gasteiger partial charge in [0, 0.05) is 6.42 Å². The van der Waals surface area contributed by atoms with Crippen molar-refractivity contribution in [2.24, 2.45) is 11.7 Å². The van der Waals surface area contributed by atoms with Gasteiger partial charge in [0.2, 0.25) is 5.89 Å². The second kappa shape index (κ2) is 3.43. The van der Waals surface area contributed by atoms with E-state index in [2.05, 4.69) is 10.1 Å². The molecule has 1 fully saturated rings. The third-order valence-electron chi connectivity index (χ3n) is 2.23. The largest absolute Gasteiger partial charge is 0.396 e. The van der Waals surface area contributed by atoms with Crippen molar-refractivity contribution < 1.29 is 9.63 Å². The molecule has 1 unspecified atom stereocenters. The number of rotatable bonds is 4. The van der Waals surface area contributed by atoms with E-state index in [1.165, 1.54) is 0 Å². The zero-order chi connectivity index (χ0) is 9.26. The van der Waals surface area contributed by atoms with Crippen LogP contribution in [-0.4, -0.2) is 21.9 Å². The fourth-order valence-corrected chi connectivity index (χ4v) is 1.26. The minimum absolute atomic E-state index is 0.0393. The maximum Gasteiger partial charge on any atom is 0.243 e. The Bertz CT molecular complexity index is 283. The van der Waals surface area contributed by atoms with Crippen molar-refractivity contribution in [1.29, 1.82) is 0 Å². The lowest BCUT2D eigenvalue weighted by Crippen LogP contribution is -2.12. The number of aliphatic hydroxyl groups excluding tert-OH is 1. The molecule has 5 heteroatoms. The van der Waals surface area contributed by atoms with Crippen LogP contribution in [0.25, 0.3) is 0 Å². The molecule has 0 saturated heterocycles. The van der Waals surface area contributed by atoms with Gasteiger partial charge in [-0.3, -0.25) is 0 Å². The summed E-state index contributed by atoms with van der Waals surface area (Å²) in [4.78, 5) is 4.10. The minimum atomic E-state index is -0.111. The maximum atomic E-state index is 8.64. The summed E-state index contributed by atoms with van der Waals surface area (Å²) in [5.41, 5.74) is 5.85. The fourth-order valence-electron chi connectivity index (χ4n) is 1.26. The first-order valence-corrected chi connectivity index (χ1v) is 4.50. The first-order chi connectivity index (χ1) is 6.31. The Kier molecular flexibility index (Phi) is 2.28. The van der Waals surface area contributed by atoms with Crippen LogP contribution < -0.4 is 5.73 Å². The lowest BCUT2D eigenvalue weighted by atomic mass is 10.2. The summed E-state index contributed by atoms with van der Waals surface area (Å²) in [6.45, 7) is 0.0393. The molecular formula is C8H13N3O2. The second-order valence-corrected chi connectivity index (χ2v) is 3.39. The van der Waals surface area contributed by atoms with Crippen LogP contribution in [0.2, 0.25) is 0 Å². The van der Waals surface area contributed by atoms with E-state index in [1.807, 2.05) is 0 Å². The SMILES string of the molecule is NC(c1nc(CCO)no1)C1CC1. The van der Waals surface area contributed by atoms with Crippen molar-refractivity contribution >= 4 is 0 Å². The predicted molar refractivity (Wildman–Crippen MR) is 44.7 cm³/mol. The molecule has 1 saturated carbocycles. The van der Waals surface area contributed by atoms with E-state index in [9.17, 15) is 0 Å². The van der Waals surface area contributed by atoms with Gasteiger partial charge in [0.1, 0.15) is 0 Å². The molecule has 2 rings (SSSR count). The highest BCUT2D eigenvalue weighted by atomic mass is 16.5. The average Bonchev–Trinajstić information content (AvgIpc) is 2.87. The molecule has 0 radical (unpaired) electrons. The van der Waals surface area contributed by atoms with Gasteiger partial charge in [-0.15, -0.1) is 0 Å². The van der Waals surface area contributed by atoms with Crippen LogP contribution in [0.3, 0.4) is 0 Å². The Morgan fingerprint density at radius 2 is 2.38 bits per heavy atom. The summed E-state index contributed by atoms with van der Waals surface area (Å²) in [6, 6.07) is -0.111. The molecule has 1 aromatic heterocycles. The Morgan fingerprint density at radius 3 is 3.00 bits per heavy atom. The normalized spacial score (nSPS) is 18.9. The van der Waals surface area contributed by atoms with Crippen molar-refractivity contribution in [2.75, 3.05) is 6.61 Å². The Labute approximate surface area is 75.9 Å². The Hall–Kier alpha value is -0.940. The first kappa shape index (κ1) is 8.65. The van der Waals surface area contributed by atoms with Gasteiger partial charge in [-0.1, -0.05) is 5.16 Å². The lowest BCUT2D eigenvalue weighted by molar-refractivity contribution is 0.291. The monoisotopic (exact) mass is 183 g/mol. The zero-order valence-electron chi connectivity index (χ0n) is 7.31. The third-order valence-corrected chi connectivity index (χ3v) is 2.23. The van der Waals surface area contributed by atoms with E-state index in [-0.39, 0.29) is 12.6 Å². The molecule has 0 bridgehead atoms. The van der Waals surface area contributed by atoms with Crippen LogP contribution in [0, 0.1) is 5.92 Å². The highest BCUT2D eigenvalue weighted by Crippen LogP contribution is 2.38. The van der Waals surface area contributed by atoms with Crippen LogP contribution >= 0.6 is 0 Å². The van der Waals surface area contributed by atoms with Crippen LogP contribution in [-0.2, 0) is 6.42 Å². The average molecular weight is 183 g/mol. The molecule has 0 spiro atoms. The maximum absolute atomic E-state index is 8.64. The number of aliphatic hydroxyl groups is 1. The third kappa shape index (κ3) is 1.87. The molecule has 3 N–H and O–H groups in total. The minimum Gasteiger partial charge on any atom is -0.396 e. The van der Waals surface area contributed by atoms with E-state index in [0.717, 1.165) is 12.8 Å². The summed E-state index contributed by atoms with van der Waals surface area (Å²) in [6.07, 6.45) is 2.73. The van der Waals surface area contributed by atoms with Crippen LogP contribution in [0.4, 0.5) is 0 Å². The van der Waals surface area contributed by atoms with E-state index in [0.29, 0.717) is 24.1 Å². The first-order valence-electron chi connectivity index (χ1n) is 4.50. The van der Waals surface area contributed by atoms with Gasteiger partial charge in [-0.05, 0) is 18.8 Å². The van der Waals surface area contributed by atoms with Crippen LogP contribution in [0.1, 0.15) is 30.6 Å². The van der Waals surface area contributed by atoms with Gasteiger partial charge in [0.25, 0.3) is 0 Å². The summed E-state index contributed by atoms with van der Waals surface area (Å²) in [5, 5.41) is 12.3. The number of nitrogens with zero attached hydrogens (tertiary/aromatic N) is 2. The second-order valence-electron chi connectivity index (χ2n) is 3.39. The quantitative estimate of drug-likeness (QED) is 0.687. The van der Waals surface area contributed by atoms with Gasteiger partial charge in [-0.2, -0.15) is 4.98 Å². The number of hydrogen-bond donors (Lipinski definition) is 2. The van der Waals surface area contributed by atoms with E-state index in [1.54, 1.807) is 0 Å². The highest BCUT2D eigenvalue weighted by molar-refractivity contribution is 4.98. The molecule has 0 aliphatic heterocycles. The summed E-state index contributed by atoms with van der Waals surface area (Å²) in [5.74, 6) is 1.56. The molecule has 0 aromatic carbocycles. The molecule has 0 amide bonds. The van der Waals surface area contributed by atoms with Crippen molar-refractivity contribution in [3.05, 3.63) is 11.7 Å². The smallest absolute Gasteiger partial charge is 0.243 e. The van der Waals surface area contributed by atoms with E-state index >= 15 is 0 Å². The van der Waals surface area contributed by atoms with Crippen molar-refractivity contribution in [3.63, 3.8) is 0 Å². The lowest BCUT2D eigenvalue weighted by Gasteiger charge is -2.01. The number of hydrogen-bond acceptors (Lipinski definition) is 5. The molecular weight excluding hydrogens is 170 g/mol.